The molecule has 0 aliphatic rings. The van der Waals surface area contributed by atoms with E-state index in [4.69, 9.17) is 11.6 Å². The second-order valence-electron chi connectivity index (χ2n) is 8.12. The first-order chi connectivity index (χ1) is 23.8. The van der Waals surface area contributed by atoms with Gasteiger partial charge in [-0.2, -0.15) is 43.9 Å². The summed E-state index contributed by atoms with van der Waals surface area (Å²) in [4.78, 5) is 63.1. The molecule has 12 nitrogen and oxygen atoms in total. The number of carbonyl (C=O) groups excluding carboxylic acids is 6. The number of esters is 4. The molecule has 0 aromatic rings. The van der Waals surface area contributed by atoms with Crippen molar-refractivity contribution in [3.05, 3.63) is 49.8 Å². The third kappa shape index (κ3) is 24.4. The zero-order valence-electron chi connectivity index (χ0n) is 28.3. The number of ether oxygens (including phenoxy) is 6. The minimum Gasteiger partial charge on any atom is -0.479 e. The van der Waals surface area contributed by atoms with Crippen LogP contribution in [0.25, 0.3) is 0 Å². The molecule has 0 heterocycles. The molecule has 0 saturated heterocycles. The fourth-order valence-electron chi connectivity index (χ4n) is 2.12. The summed E-state index contributed by atoms with van der Waals surface area (Å²) in [5.74, 6) is -15.3. The van der Waals surface area contributed by atoms with E-state index in [1.54, 1.807) is 0 Å². The number of ketones is 2. The van der Waals surface area contributed by atoms with Gasteiger partial charge in [-0.25, -0.2) is 19.2 Å². The first-order valence-electron chi connectivity index (χ1n) is 13.9. The van der Waals surface area contributed by atoms with Crippen LogP contribution in [0.5, 0.6) is 0 Å². The topological polar surface area (TPSA) is 158 Å². The summed E-state index contributed by atoms with van der Waals surface area (Å²) in [6.45, 7) is 13.8. The lowest BCUT2D eigenvalue weighted by molar-refractivity contribution is -0.244. The highest BCUT2D eigenvalue weighted by molar-refractivity contribution is 6.36. The van der Waals surface area contributed by atoms with E-state index in [9.17, 15) is 72.7 Å². The van der Waals surface area contributed by atoms with Crippen LogP contribution in [0.3, 0.4) is 0 Å². The zero-order valence-corrected chi connectivity index (χ0v) is 29.0. The Morgan fingerprint density at radius 2 is 1.00 bits per heavy atom. The lowest BCUT2D eigenvalue weighted by Crippen LogP contribution is -2.50. The molecule has 0 N–H and O–H groups in total. The van der Waals surface area contributed by atoms with Crippen LogP contribution in [-0.2, 0) is 57.2 Å². The Kier molecular flexibility index (Phi) is 31.6. The number of hydrogen-bond donors (Lipinski definition) is 0. The molecule has 0 fully saturated rings. The highest BCUT2D eigenvalue weighted by atomic mass is 35.5. The number of alkyl halides is 9. The quantitative estimate of drug-likeness (QED) is 0.0237. The van der Waals surface area contributed by atoms with E-state index in [1.807, 2.05) is 0 Å². The first kappa shape index (κ1) is 57.8. The van der Waals surface area contributed by atoms with Crippen molar-refractivity contribution in [2.45, 2.75) is 57.5 Å². The molecule has 1 atom stereocenters. The minimum atomic E-state index is -5.13. The lowest BCUT2D eigenvalue weighted by Gasteiger charge is -2.26. The summed E-state index contributed by atoms with van der Waals surface area (Å²) in [6.07, 6.45) is -10.1. The molecule has 0 rings (SSSR count). The first-order valence-corrected chi connectivity index (χ1v) is 14.3. The van der Waals surface area contributed by atoms with Crippen molar-refractivity contribution in [3.8, 4) is 0 Å². The third-order valence-electron chi connectivity index (χ3n) is 4.19. The van der Waals surface area contributed by atoms with Crippen LogP contribution in [-0.4, -0.2) is 98.4 Å². The van der Waals surface area contributed by atoms with Gasteiger partial charge in [0.15, 0.2) is 0 Å². The van der Waals surface area contributed by atoms with Crippen molar-refractivity contribution in [1.82, 2.24) is 0 Å². The predicted octanol–water partition coefficient (Wildman–Crippen LogP) is 6.27. The number of Topliss-reactive ketones (excluding diaryl/α,β-unsaturated/α-hetero) is 2. The van der Waals surface area contributed by atoms with Gasteiger partial charge in [-0.1, -0.05) is 36.4 Å². The monoisotopic (exact) mass is 820 g/mol. The lowest BCUT2D eigenvalue weighted by atomic mass is 10.1. The smallest absolute Gasteiger partial charge is 0.461 e. The van der Waals surface area contributed by atoms with Gasteiger partial charge in [-0.3, -0.25) is 14.3 Å². The van der Waals surface area contributed by atoms with E-state index >= 15 is 0 Å². The number of carbonyl (C=O) groups is 6. The normalized spacial score (nSPS) is 11.5. The van der Waals surface area contributed by atoms with Gasteiger partial charge in [-0.15, -0.1) is 13.2 Å². The molecule has 0 aliphatic carbocycles. The molecule has 1 unspecified atom stereocenters. The van der Waals surface area contributed by atoms with Crippen molar-refractivity contribution >= 4 is 47.0 Å². The van der Waals surface area contributed by atoms with Gasteiger partial charge >= 0.3 is 64.9 Å². The highest BCUT2D eigenvalue weighted by Gasteiger charge is 2.62. The number of hydrogen-bond acceptors (Lipinski definition) is 12. The summed E-state index contributed by atoms with van der Waals surface area (Å²) in [5, 5.41) is -3.46. The summed E-state index contributed by atoms with van der Waals surface area (Å²) >= 11 is 5.05. The number of rotatable bonds is 17. The number of halogens is 12. The van der Waals surface area contributed by atoms with Crippen LogP contribution in [0.15, 0.2) is 49.8 Å². The molecule has 24 heteroatoms. The van der Waals surface area contributed by atoms with Crippen LogP contribution in [0.4, 0.5) is 48.6 Å². The van der Waals surface area contributed by atoms with E-state index in [-0.39, 0.29) is 37.7 Å². The van der Waals surface area contributed by atoms with Gasteiger partial charge in [-0.05, 0) is 27.7 Å². The van der Waals surface area contributed by atoms with E-state index < -0.39 is 83.6 Å². The molecule has 53 heavy (non-hydrogen) atoms. The molecule has 0 bridgehead atoms. The fraction of sp³-hybridized carbons (Fsp3) is 0.517. The average Bonchev–Trinajstić information content (AvgIpc) is 3.03. The van der Waals surface area contributed by atoms with Gasteiger partial charge in [0.2, 0.25) is 0 Å². The minimum absolute atomic E-state index is 0. The summed E-state index contributed by atoms with van der Waals surface area (Å²) in [7, 11) is 0. The molecule has 0 aliphatic heterocycles. The van der Waals surface area contributed by atoms with Gasteiger partial charge < -0.3 is 28.4 Å². The molecular weight excluding hydrogens is 785 g/mol. The van der Waals surface area contributed by atoms with Gasteiger partial charge in [0.25, 0.3) is 5.76 Å². The SMILES string of the molecule is C=CCC(F)(F)C(=O)C(=O)OCC.C=CCOC(C(=O)OCC)=C(F)F.C=CCOC(Cl)(C(=O)OCC)C(F)(F)F.CCOC(=O)C(=O)C(F)(F)F.F. The van der Waals surface area contributed by atoms with E-state index in [2.05, 4.69) is 48.2 Å². The van der Waals surface area contributed by atoms with Crippen LogP contribution >= 0.6 is 11.6 Å². The van der Waals surface area contributed by atoms with Crippen molar-refractivity contribution in [1.29, 1.82) is 0 Å². The van der Waals surface area contributed by atoms with Crippen LogP contribution in [0.1, 0.15) is 34.1 Å². The van der Waals surface area contributed by atoms with Crippen LogP contribution < -0.4 is 0 Å². The summed E-state index contributed by atoms with van der Waals surface area (Å²) < 4.78 is 146. The number of allylic oxidation sites excluding steroid dienone is 1. The molecule has 0 aromatic heterocycles. The zero-order chi connectivity index (χ0) is 41.9. The van der Waals surface area contributed by atoms with Crippen molar-refractivity contribution in [3.63, 3.8) is 0 Å². The second-order valence-corrected chi connectivity index (χ2v) is 8.65. The Bertz CT molecular complexity index is 1230. The van der Waals surface area contributed by atoms with Gasteiger partial charge in [0.1, 0.15) is 6.61 Å². The maximum Gasteiger partial charge on any atom is 0.461 e. The molecular formula is C29H36ClF11O12. The molecule has 0 aromatic carbocycles. The van der Waals surface area contributed by atoms with Crippen LogP contribution in [0, 0.1) is 0 Å². The Hall–Kier alpha value is -4.54. The maximum atomic E-state index is 12.7. The standard InChI is InChI=1S/C8H10ClF3O3.2C8H10F2O3.C5H5F3O3.FH/c1-3-5-15-7(9,8(10,11)12)6(13)14-4-2;1-3-5-13-6(7(9)10)8(11)12-4-2;1-3-5-8(9,10)6(11)7(12)13-4-2;1-2-11-4(10)3(9)5(6,7)8;/h3H,1,4-5H2,2H3;2*3H,1,4-5H2,2H3;2H2,1H3;1H. The second kappa shape index (κ2) is 29.0. The van der Waals surface area contributed by atoms with E-state index in [0.29, 0.717) is 0 Å². The summed E-state index contributed by atoms with van der Waals surface area (Å²) in [6, 6.07) is 0. The Balaban J connectivity index is -0.000000193. The van der Waals surface area contributed by atoms with Crippen molar-refractivity contribution < 1.29 is 106 Å². The largest absolute Gasteiger partial charge is 0.479 e. The average molecular weight is 821 g/mol. The Morgan fingerprint density at radius 1 is 0.604 bits per heavy atom. The van der Waals surface area contributed by atoms with E-state index in [1.165, 1.54) is 33.8 Å². The molecule has 0 spiro atoms. The van der Waals surface area contributed by atoms with Crippen molar-refractivity contribution in [2.75, 3.05) is 39.6 Å². The van der Waals surface area contributed by atoms with E-state index in [0.717, 1.165) is 12.2 Å². The molecule has 308 valence electrons. The molecule has 0 amide bonds. The molecule has 0 saturated carbocycles. The van der Waals surface area contributed by atoms with Gasteiger partial charge in [0, 0.05) is 6.42 Å². The van der Waals surface area contributed by atoms with Crippen molar-refractivity contribution in [2.24, 2.45) is 0 Å². The highest BCUT2D eigenvalue weighted by Crippen LogP contribution is 2.38. The maximum absolute atomic E-state index is 12.7. The predicted molar refractivity (Wildman–Crippen MR) is 161 cm³/mol. The fourth-order valence-corrected chi connectivity index (χ4v) is 2.23. The summed E-state index contributed by atoms with van der Waals surface area (Å²) in [5.41, 5.74) is 0. The molecule has 0 radical (unpaired) electrons. The van der Waals surface area contributed by atoms with Gasteiger partial charge in [0.05, 0.1) is 33.0 Å². The Morgan fingerprint density at radius 3 is 1.32 bits per heavy atom. The Labute approximate surface area is 300 Å². The third-order valence-corrected chi connectivity index (χ3v) is 4.67. The van der Waals surface area contributed by atoms with Crippen LogP contribution in [0.2, 0.25) is 0 Å².